The summed E-state index contributed by atoms with van der Waals surface area (Å²) >= 11 is 0. The number of dihydropyridines is 1. The number of ether oxygens (including phenoxy) is 2. The van der Waals surface area contributed by atoms with Crippen LogP contribution in [0.3, 0.4) is 0 Å². The first kappa shape index (κ1) is 21.9. The number of rotatable bonds is 5. The molecule has 1 aliphatic carbocycles. The molecular formula is C27H29NO4. The Labute approximate surface area is 189 Å². The number of nitrogens with one attached hydrogen (secondary N) is 1. The van der Waals surface area contributed by atoms with Gasteiger partial charge in [0.1, 0.15) is 5.75 Å². The SMILES string of the molecule is COc1ccc([C@@H]2C(C(=O)OC(C)C)=C(C)NC3=C2C(=O)C[C@@H](c2ccccc2)C3)cc1. The summed E-state index contributed by atoms with van der Waals surface area (Å²) in [5.41, 5.74) is 4.83. The van der Waals surface area contributed by atoms with Gasteiger partial charge in [0.25, 0.3) is 0 Å². The summed E-state index contributed by atoms with van der Waals surface area (Å²) in [4.78, 5) is 26.6. The van der Waals surface area contributed by atoms with Crippen LogP contribution in [0.1, 0.15) is 56.6 Å². The van der Waals surface area contributed by atoms with Crippen LogP contribution < -0.4 is 10.1 Å². The van der Waals surface area contributed by atoms with E-state index in [1.54, 1.807) is 7.11 Å². The van der Waals surface area contributed by atoms with Crippen LogP contribution >= 0.6 is 0 Å². The second-order valence-electron chi connectivity index (χ2n) is 8.66. The van der Waals surface area contributed by atoms with Crippen LogP contribution in [0, 0.1) is 0 Å². The van der Waals surface area contributed by atoms with Crippen LogP contribution in [0.4, 0.5) is 0 Å². The average molecular weight is 432 g/mol. The predicted octanol–water partition coefficient (Wildman–Crippen LogP) is 5.01. The number of carbonyl (C=O) groups is 2. The molecule has 0 saturated carbocycles. The lowest BCUT2D eigenvalue weighted by atomic mass is 9.71. The van der Waals surface area contributed by atoms with Gasteiger partial charge in [-0.3, -0.25) is 4.79 Å². The highest BCUT2D eigenvalue weighted by molar-refractivity contribution is 6.04. The number of hydrogen-bond acceptors (Lipinski definition) is 5. The van der Waals surface area contributed by atoms with Gasteiger partial charge in [-0.05, 0) is 56.4 Å². The largest absolute Gasteiger partial charge is 0.497 e. The molecule has 2 aromatic carbocycles. The van der Waals surface area contributed by atoms with E-state index in [1.807, 2.05) is 63.2 Å². The molecule has 4 rings (SSSR count). The molecule has 32 heavy (non-hydrogen) atoms. The lowest BCUT2D eigenvalue weighted by molar-refractivity contribution is -0.143. The fourth-order valence-electron chi connectivity index (χ4n) is 4.68. The number of esters is 1. The van der Waals surface area contributed by atoms with Crippen molar-refractivity contribution < 1.29 is 19.1 Å². The van der Waals surface area contributed by atoms with Crippen LogP contribution in [-0.2, 0) is 14.3 Å². The Kier molecular flexibility index (Phi) is 6.17. The van der Waals surface area contributed by atoms with Gasteiger partial charge >= 0.3 is 5.97 Å². The number of carbonyl (C=O) groups excluding carboxylic acids is 2. The second-order valence-corrected chi connectivity index (χ2v) is 8.66. The van der Waals surface area contributed by atoms with E-state index < -0.39 is 11.9 Å². The van der Waals surface area contributed by atoms with Gasteiger partial charge in [-0.15, -0.1) is 0 Å². The fraction of sp³-hybridized carbons (Fsp3) is 0.333. The fourth-order valence-corrected chi connectivity index (χ4v) is 4.68. The van der Waals surface area contributed by atoms with Crippen LogP contribution in [0.15, 0.2) is 77.1 Å². The summed E-state index contributed by atoms with van der Waals surface area (Å²) in [6.07, 6.45) is 0.892. The van der Waals surface area contributed by atoms with E-state index >= 15 is 0 Å². The van der Waals surface area contributed by atoms with Gasteiger partial charge in [0.05, 0.1) is 18.8 Å². The van der Waals surface area contributed by atoms with E-state index in [4.69, 9.17) is 9.47 Å². The van der Waals surface area contributed by atoms with Crippen molar-refractivity contribution in [3.63, 3.8) is 0 Å². The van der Waals surface area contributed by atoms with Crippen molar-refractivity contribution >= 4 is 11.8 Å². The van der Waals surface area contributed by atoms with Crippen molar-refractivity contribution in [2.75, 3.05) is 7.11 Å². The molecule has 1 aliphatic heterocycles. The van der Waals surface area contributed by atoms with Crippen molar-refractivity contribution in [3.05, 3.63) is 88.3 Å². The molecule has 1 heterocycles. The molecule has 166 valence electrons. The number of Topliss-reactive ketones (excluding diaryl/α,β-unsaturated/α-hetero) is 1. The Morgan fingerprint density at radius 2 is 1.69 bits per heavy atom. The predicted molar refractivity (Wildman–Crippen MR) is 123 cm³/mol. The number of benzene rings is 2. The molecular weight excluding hydrogens is 402 g/mol. The molecule has 0 amide bonds. The molecule has 0 radical (unpaired) electrons. The molecule has 0 fully saturated rings. The quantitative estimate of drug-likeness (QED) is 0.675. The minimum Gasteiger partial charge on any atom is -0.497 e. The van der Waals surface area contributed by atoms with E-state index in [0.717, 1.165) is 34.7 Å². The molecule has 2 aromatic rings. The third-order valence-corrected chi connectivity index (χ3v) is 6.11. The zero-order chi connectivity index (χ0) is 22.8. The summed E-state index contributed by atoms with van der Waals surface area (Å²) in [5.74, 6) is 0.0465. The normalized spacial score (nSPS) is 20.7. The van der Waals surface area contributed by atoms with Crippen molar-refractivity contribution in [2.45, 2.75) is 51.6 Å². The minimum absolute atomic E-state index is 0.0655. The van der Waals surface area contributed by atoms with Crippen molar-refractivity contribution in [3.8, 4) is 5.75 Å². The van der Waals surface area contributed by atoms with E-state index in [9.17, 15) is 9.59 Å². The first-order valence-electron chi connectivity index (χ1n) is 11.0. The summed E-state index contributed by atoms with van der Waals surface area (Å²) in [5, 5.41) is 3.39. The van der Waals surface area contributed by atoms with Gasteiger partial charge in [0, 0.05) is 29.3 Å². The number of allylic oxidation sites excluding steroid dienone is 3. The molecule has 0 spiro atoms. The van der Waals surface area contributed by atoms with Crippen molar-refractivity contribution in [1.29, 1.82) is 0 Å². The topological polar surface area (TPSA) is 64.6 Å². The maximum Gasteiger partial charge on any atom is 0.337 e. The summed E-state index contributed by atoms with van der Waals surface area (Å²) in [7, 11) is 1.62. The summed E-state index contributed by atoms with van der Waals surface area (Å²) in [6.45, 7) is 5.54. The van der Waals surface area contributed by atoms with E-state index in [1.165, 1.54) is 0 Å². The molecule has 0 saturated heterocycles. The lowest BCUT2D eigenvalue weighted by Crippen LogP contribution is -2.36. The van der Waals surface area contributed by atoms with E-state index in [0.29, 0.717) is 17.6 Å². The Hall–Kier alpha value is -3.34. The van der Waals surface area contributed by atoms with Gasteiger partial charge in [-0.2, -0.15) is 0 Å². The highest BCUT2D eigenvalue weighted by Gasteiger charge is 2.41. The Bertz CT molecular complexity index is 1080. The molecule has 0 bridgehead atoms. The van der Waals surface area contributed by atoms with Crippen LogP contribution in [0.5, 0.6) is 5.75 Å². The number of hydrogen-bond donors (Lipinski definition) is 1. The van der Waals surface area contributed by atoms with Gasteiger partial charge in [0.15, 0.2) is 5.78 Å². The van der Waals surface area contributed by atoms with Crippen LogP contribution in [0.25, 0.3) is 0 Å². The lowest BCUT2D eigenvalue weighted by Gasteiger charge is -2.37. The first-order chi connectivity index (χ1) is 15.4. The minimum atomic E-state index is -0.465. The summed E-state index contributed by atoms with van der Waals surface area (Å²) in [6, 6.07) is 17.7. The molecule has 1 N–H and O–H groups in total. The average Bonchev–Trinajstić information content (AvgIpc) is 2.78. The van der Waals surface area contributed by atoms with Gasteiger partial charge in [-0.1, -0.05) is 42.5 Å². The third kappa shape index (κ3) is 4.20. The molecule has 5 nitrogen and oxygen atoms in total. The van der Waals surface area contributed by atoms with Crippen molar-refractivity contribution in [2.24, 2.45) is 0 Å². The van der Waals surface area contributed by atoms with E-state index in [-0.39, 0.29) is 17.8 Å². The van der Waals surface area contributed by atoms with Gasteiger partial charge in [0.2, 0.25) is 0 Å². The molecule has 2 atom stereocenters. The van der Waals surface area contributed by atoms with Crippen molar-refractivity contribution in [1.82, 2.24) is 5.32 Å². The smallest absolute Gasteiger partial charge is 0.337 e. The molecule has 5 heteroatoms. The van der Waals surface area contributed by atoms with Crippen LogP contribution in [0.2, 0.25) is 0 Å². The summed E-state index contributed by atoms with van der Waals surface area (Å²) < 4.78 is 10.9. The number of ketones is 1. The zero-order valence-corrected chi connectivity index (χ0v) is 19.0. The zero-order valence-electron chi connectivity index (χ0n) is 19.0. The highest BCUT2D eigenvalue weighted by Crippen LogP contribution is 2.45. The van der Waals surface area contributed by atoms with Gasteiger partial charge < -0.3 is 14.8 Å². The van der Waals surface area contributed by atoms with E-state index in [2.05, 4.69) is 17.4 Å². The van der Waals surface area contributed by atoms with Gasteiger partial charge in [-0.25, -0.2) is 4.79 Å². The molecule has 0 unspecified atom stereocenters. The standard InChI is InChI=1S/C27H29NO4/c1-16(2)32-27(30)24-17(3)28-22-14-20(18-8-6-5-7-9-18)15-23(29)26(22)25(24)19-10-12-21(31-4)13-11-19/h5-13,16,20,25,28H,14-15H2,1-4H3/t20-,25+/m0/s1. The Morgan fingerprint density at radius 3 is 2.31 bits per heavy atom. The maximum absolute atomic E-state index is 13.5. The number of methoxy groups -OCH3 is 1. The molecule has 2 aliphatic rings. The molecule has 0 aromatic heterocycles. The third-order valence-electron chi connectivity index (χ3n) is 6.11. The second kappa shape index (κ2) is 9.03. The van der Waals surface area contributed by atoms with Crippen LogP contribution in [-0.4, -0.2) is 25.0 Å². The maximum atomic E-state index is 13.5. The first-order valence-corrected chi connectivity index (χ1v) is 11.0. The highest BCUT2D eigenvalue weighted by atomic mass is 16.5. The Morgan fingerprint density at radius 1 is 1.00 bits per heavy atom. The Balaban J connectivity index is 1.79. The monoisotopic (exact) mass is 431 g/mol.